The summed E-state index contributed by atoms with van der Waals surface area (Å²) in [7, 11) is 0. The predicted octanol–water partition coefficient (Wildman–Crippen LogP) is 3.22. The van der Waals surface area contributed by atoms with Crippen molar-refractivity contribution in [1.29, 1.82) is 0 Å². The van der Waals surface area contributed by atoms with Gasteiger partial charge in [0.2, 0.25) is 17.7 Å². The van der Waals surface area contributed by atoms with Gasteiger partial charge in [-0.1, -0.05) is 66.8 Å². The van der Waals surface area contributed by atoms with Crippen LogP contribution in [0.3, 0.4) is 0 Å². The number of hydrogen-bond donors (Lipinski definition) is 2. The summed E-state index contributed by atoms with van der Waals surface area (Å²) in [6.45, 7) is 13.0. The first-order valence-corrected chi connectivity index (χ1v) is 15.4. The minimum absolute atomic E-state index is 0.164. The summed E-state index contributed by atoms with van der Waals surface area (Å²) in [4.78, 5) is 55.2. The van der Waals surface area contributed by atoms with Crippen LogP contribution in [0, 0.1) is 0 Å². The first kappa shape index (κ1) is 35.1. The maximum atomic E-state index is 13.6. The molecule has 1 aliphatic rings. The molecule has 0 unspecified atom stereocenters. The molecule has 45 heavy (non-hydrogen) atoms. The van der Waals surface area contributed by atoms with E-state index in [1.54, 1.807) is 31.7 Å². The molecule has 2 atom stereocenters. The lowest BCUT2D eigenvalue weighted by Crippen LogP contribution is -2.63. The molecule has 0 bridgehead atoms. The lowest BCUT2D eigenvalue weighted by atomic mass is 9.97. The summed E-state index contributed by atoms with van der Waals surface area (Å²) in [5.41, 5.74) is 6.44. The smallest absolute Gasteiger partial charge is 0.408 e. The summed E-state index contributed by atoms with van der Waals surface area (Å²) < 4.78 is 5.36. The molecule has 3 N–H and O–H groups in total. The molecule has 9 nitrogen and oxygen atoms in total. The highest BCUT2D eigenvalue weighted by Crippen LogP contribution is 2.21. The van der Waals surface area contributed by atoms with Crippen molar-refractivity contribution in [3.8, 4) is 0 Å². The van der Waals surface area contributed by atoms with Crippen LogP contribution in [0.2, 0.25) is 0 Å². The van der Waals surface area contributed by atoms with E-state index in [4.69, 9.17) is 10.5 Å². The maximum Gasteiger partial charge on any atom is 0.408 e. The molecule has 4 amide bonds. The second kappa shape index (κ2) is 15.1. The van der Waals surface area contributed by atoms with Gasteiger partial charge in [0.1, 0.15) is 18.2 Å². The van der Waals surface area contributed by atoms with Gasteiger partial charge in [0.15, 0.2) is 0 Å². The molecule has 0 spiro atoms. The van der Waals surface area contributed by atoms with Gasteiger partial charge in [-0.25, -0.2) is 4.79 Å². The lowest BCUT2D eigenvalue weighted by molar-refractivity contribution is -0.151. The molecule has 0 radical (unpaired) electrons. The summed E-state index contributed by atoms with van der Waals surface area (Å²) in [6.07, 6.45) is 7.83. The van der Waals surface area contributed by atoms with Crippen molar-refractivity contribution in [2.24, 2.45) is 5.73 Å². The number of nitrogens with two attached hydrogens (primary N) is 1. The third-order valence-electron chi connectivity index (χ3n) is 7.71. The number of carbonyl (C=O) groups is 4. The zero-order chi connectivity index (χ0) is 33.4. The average Bonchev–Trinajstić information content (AvgIpc) is 2.95. The highest BCUT2D eigenvalue weighted by molar-refractivity contribution is 5.94. The van der Waals surface area contributed by atoms with Gasteiger partial charge >= 0.3 is 6.09 Å². The highest BCUT2D eigenvalue weighted by atomic mass is 16.6. The largest absolute Gasteiger partial charge is 0.444 e. The van der Waals surface area contributed by atoms with Gasteiger partial charge in [-0.15, -0.1) is 0 Å². The predicted molar refractivity (Wildman–Crippen MR) is 177 cm³/mol. The Kier molecular flexibility index (Phi) is 11.7. The highest BCUT2D eigenvalue weighted by Gasteiger charge is 2.39. The third kappa shape index (κ3) is 10.3. The first-order valence-electron chi connectivity index (χ1n) is 15.4. The summed E-state index contributed by atoms with van der Waals surface area (Å²) >= 11 is 0. The molecule has 1 saturated heterocycles. The van der Waals surface area contributed by atoms with Crippen molar-refractivity contribution >= 4 is 36.0 Å². The topological polar surface area (TPSA) is 122 Å². The van der Waals surface area contributed by atoms with Crippen molar-refractivity contribution in [2.45, 2.75) is 91.0 Å². The fraction of sp³-hybridized carbons (Fsp3) is 0.444. The molecule has 1 aliphatic heterocycles. The Bertz CT molecular complexity index is 1520. The molecule has 1 heterocycles. The van der Waals surface area contributed by atoms with E-state index in [2.05, 4.69) is 11.4 Å². The Labute approximate surface area is 266 Å². The van der Waals surface area contributed by atoms with Crippen LogP contribution in [0.25, 0.3) is 12.2 Å². The number of hydrogen-bond acceptors (Lipinski definition) is 5. The van der Waals surface area contributed by atoms with E-state index in [1.807, 2.05) is 82.3 Å². The van der Waals surface area contributed by atoms with Gasteiger partial charge in [-0.2, -0.15) is 0 Å². The molecule has 1 fully saturated rings. The molecule has 3 rings (SSSR count). The van der Waals surface area contributed by atoms with Crippen molar-refractivity contribution in [1.82, 2.24) is 15.1 Å². The van der Waals surface area contributed by atoms with E-state index in [0.29, 0.717) is 12.8 Å². The van der Waals surface area contributed by atoms with Crippen molar-refractivity contribution in [2.75, 3.05) is 13.1 Å². The quantitative estimate of drug-likeness (QED) is 0.397. The fourth-order valence-electron chi connectivity index (χ4n) is 5.45. The van der Waals surface area contributed by atoms with Gasteiger partial charge in [-0.05, 0) is 88.9 Å². The van der Waals surface area contributed by atoms with Crippen molar-refractivity contribution in [3.05, 3.63) is 82.2 Å². The van der Waals surface area contributed by atoms with Crippen LogP contribution >= 0.6 is 0 Å². The number of rotatable bonds is 10. The Balaban J connectivity index is 1.86. The first-order chi connectivity index (χ1) is 21.1. The maximum absolute atomic E-state index is 13.6. The number of benzene rings is 2. The van der Waals surface area contributed by atoms with E-state index in [-0.39, 0.29) is 31.3 Å². The Morgan fingerprint density at radius 2 is 1.67 bits per heavy atom. The SMILES string of the molecule is C/C=c1/ccc(C[C@@H]2CN([C@H](Cc3ccccc3)C(N)=O)C(=O)CN2C(=O)/C=C/CC(C)(C)NC(=O)OC(C)(C)C)c/c1=C/C. The van der Waals surface area contributed by atoms with Crippen LogP contribution in [0.1, 0.15) is 66.0 Å². The van der Waals surface area contributed by atoms with Crippen LogP contribution in [-0.4, -0.2) is 69.9 Å². The molecular weight excluding hydrogens is 568 g/mol. The molecule has 2 aromatic rings. The minimum Gasteiger partial charge on any atom is -0.444 e. The van der Waals surface area contributed by atoms with Gasteiger partial charge < -0.3 is 25.6 Å². The van der Waals surface area contributed by atoms with Gasteiger partial charge in [0, 0.05) is 18.5 Å². The molecule has 9 heteroatoms. The number of alkyl carbamates (subject to hydrolysis) is 1. The van der Waals surface area contributed by atoms with E-state index in [0.717, 1.165) is 21.6 Å². The summed E-state index contributed by atoms with van der Waals surface area (Å²) in [5, 5.41) is 5.02. The standard InChI is InChI=1S/C36H48N4O5/c1-8-27-18-17-26(20-28(27)9-2)21-29-23-40(30(33(37)43)22-25-14-11-10-12-15-25)32(42)24-39(29)31(41)16-13-19-36(6,7)38-34(44)45-35(3,4)5/h8-18,20,29-30H,19,21-24H2,1-7H3,(H2,37,43)(H,38,44)/b16-13+,27-8-,28-9-/t29-,30-/m1/s1. The molecule has 242 valence electrons. The third-order valence-corrected chi connectivity index (χ3v) is 7.71. The molecule has 2 aromatic carbocycles. The Hall–Kier alpha value is -4.40. The number of amides is 4. The van der Waals surface area contributed by atoms with Crippen LogP contribution in [0.15, 0.2) is 60.7 Å². The van der Waals surface area contributed by atoms with Crippen molar-refractivity contribution < 1.29 is 23.9 Å². The van der Waals surface area contributed by atoms with Gasteiger partial charge in [0.25, 0.3) is 0 Å². The van der Waals surface area contributed by atoms with Crippen LogP contribution in [-0.2, 0) is 32.0 Å². The van der Waals surface area contributed by atoms with Gasteiger partial charge in [0.05, 0.1) is 6.04 Å². The van der Waals surface area contributed by atoms with Crippen LogP contribution in [0.5, 0.6) is 0 Å². The number of ether oxygens (including phenoxy) is 1. The zero-order valence-electron chi connectivity index (χ0n) is 27.6. The second-order valence-corrected chi connectivity index (χ2v) is 13.1. The summed E-state index contributed by atoms with van der Waals surface area (Å²) in [5.74, 6) is -1.24. The van der Waals surface area contributed by atoms with E-state index in [1.165, 1.54) is 11.0 Å². The van der Waals surface area contributed by atoms with Crippen LogP contribution < -0.4 is 21.5 Å². The van der Waals surface area contributed by atoms with Crippen molar-refractivity contribution in [3.63, 3.8) is 0 Å². The fourth-order valence-corrected chi connectivity index (χ4v) is 5.45. The molecule has 0 aliphatic carbocycles. The molecule has 0 saturated carbocycles. The minimum atomic E-state index is -0.841. The normalized spacial score (nSPS) is 17.5. The number of primary amides is 1. The number of piperazine rings is 1. The Morgan fingerprint density at radius 3 is 2.27 bits per heavy atom. The zero-order valence-corrected chi connectivity index (χ0v) is 27.6. The molecular formula is C36H48N4O5. The number of carbonyl (C=O) groups excluding carboxylic acids is 4. The summed E-state index contributed by atoms with van der Waals surface area (Å²) in [6, 6.07) is 14.4. The monoisotopic (exact) mass is 616 g/mol. The average molecular weight is 617 g/mol. The number of nitrogens with zero attached hydrogens (tertiary/aromatic N) is 2. The second-order valence-electron chi connectivity index (χ2n) is 13.1. The molecule has 0 aromatic heterocycles. The van der Waals surface area contributed by atoms with Gasteiger partial charge in [-0.3, -0.25) is 14.4 Å². The van der Waals surface area contributed by atoms with E-state index < -0.39 is 35.2 Å². The Morgan fingerprint density at radius 1 is 1.00 bits per heavy atom. The number of nitrogens with one attached hydrogen (secondary N) is 1. The van der Waals surface area contributed by atoms with Crippen LogP contribution in [0.4, 0.5) is 4.79 Å². The van der Waals surface area contributed by atoms with E-state index >= 15 is 0 Å². The van der Waals surface area contributed by atoms with E-state index in [9.17, 15) is 19.2 Å². The lowest BCUT2D eigenvalue weighted by Gasteiger charge is -2.43.